The summed E-state index contributed by atoms with van der Waals surface area (Å²) >= 11 is 0. The SMILES string of the molecule is O=C(Nc1ccc(N2CCN(C(=O)c3ccco3)CC2)cn1)C1CCCCC1. The summed E-state index contributed by atoms with van der Waals surface area (Å²) in [7, 11) is 0. The molecule has 0 spiro atoms. The van der Waals surface area contributed by atoms with E-state index in [1.165, 1.54) is 12.7 Å². The van der Waals surface area contributed by atoms with Gasteiger partial charge in [0.15, 0.2) is 5.76 Å². The molecule has 4 rings (SSSR count). The van der Waals surface area contributed by atoms with Crippen molar-refractivity contribution in [1.29, 1.82) is 0 Å². The Labute approximate surface area is 164 Å². The number of carbonyl (C=O) groups is 2. The van der Waals surface area contributed by atoms with E-state index >= 15 is 0 Å². The molecule has 1 saturated heterocycles. The summed E-state index contributed by atoms with van der Waals surface area (Å²) in [5.74, 6) is 1.13. The Balaban J connectivity index is 1.30. The number of rotatable bonds is 4. The lowest BCUT2D eigenvalue weighted by molar-refractivity contribution is -0.120. The third-order valence-electron chi connectivity index (χ3n) is 5.64. The molecule has 1 N–H and O–H groups in total. The van der Waals surface area contributed by atoms with Gasteiger partial charge >= 0.3 is 0 Å². The number of pyridine rings is 1. The van der Waals surface area contributed by atoms with Crippen LogP contribution in [0.15, 0.2) is 41.1 Å². The first-order valence-electron chi connectivity index (χ1n) is 10.1. The number of hydrogen-bond acceptors (Lipinski definition) is 5. The summed E-state index contributed by atoms with van der Waals surface area (Å²) < 4.78 is 5.20. The molecule has 3 heterocycles. The summed E-state index contributed by atoms with van der Waals surface area (Å²) in [6.07, 6.45) is 8.77. The van der Waals surface area contributed by atoms with Gasteiger partial charge in [0.1, 0.15) is 5.82 Å². The second-order valence-electron chi connectivity index (χ2n) is 7.48. The number of hydrogen-bond donors (Lipinski definition) is 1. The van der Waals surface area contributed by atoms with Crippen molar-refractivity contribution in [3.05, 3.63) is 42.5 Å². The summed E-state index contributed by atoms with van der Waals surface area (Å²) in [5.41, 5.74) is 1.00. The van der Waals surface area contributed by atoms with E-state index in [4.69, 9.17) is 4.42 Å². The largest absolute Gasteiger partial charge is 0.459 e. The van der Waals surface area contributed by atoms with Crippen molar-refractivity contribution in [1.82, 2.24) is 9.88 Å². The van der Waals surface area contributed by atoms with Gasteiger partial charge in [-0.25, -0.2) is 4.98 Å². The van der Waals surface area contributed by atoms with Crippen LogP contribution in [0, 0.1) is 5.92 Å². The molecular formula is C21H26N4O3. The van der Waals surface area contributed by atoms with E-state index in [9.17, 15) is 9.59 Å². The maximum atomic E-state index is 12.3. The number of piperazine rings is 1. The van der Waals surface area contributed by atoms with Crippen LogP contribution in [0.2, 0.25) is 0 Å². The van der Waals surface area contributed by atoms with Gasteiger partial charge in [0, 0.05) is 32.1 Å². The highest BCUT2D eigenvalue weighted by Gasteiger charge is 2.24. The number of carbonyl (C=O) groups excluding carboxylic acids is 2. The number of nitrogens with one attached hydrogen (secondary N) is 1. The molecule has 148 valence electrons. The van der Waals surface area contributed by atoms with Crippen LogP contribution < -0.4 is 10.2 Å². The van der Waals surface area contributed by atoms with E-state index in [2.05, 4.69) is 15.2 Å². The van der Waals surface area contributed by atoms with Crippen molar-refractivity contribution in [2.24, 2.45) is 5.92 Å². The molecule has 0 aromatic carbocycles. The molecule has 0 atom stereocenters. The van der Waals surface area contributed by atoms with Crippen LogP contribution in [0.5, 0.6) is 0 Å². The Kier molecular flexibility index (Phi) is 5.60. The number of nitrogens with zero attached hydrogens (tertiary/aromatic N) is 3. The van der Waals surface area contributed by atoms with Crippen molar-refractivity contribution >= 4 is 23.3 Å². The molecule has 2 aromatic rings. The zero-order chi connectivity index (χ0) is 19.3. The van der Waals surface area contributed by atoms with Crippen molar-refractivity contribution in [2.75, 3.05) is 36.4 Å². The van der Waals surface area contributed by atoms with Gasteiger partial charge in [-0.3, -0.25) is 9.59 Å². The van der Waals surface area contributed by atoms with E-state index in [1.54, 1.807) is 18.3 Å². The van der Waals surface area contributed by atoms with Crippen LogP contribution in [-0.2, 0) is 4.79 Å². The molecule has 2 aromatic heterocycles. The third-order valence-corrected chi connectivity index (χ3v) is 5.64. The highest BCUT2D eigenvalue weighted by molar-refractivity contribution is 5.92. The van der Waals surface area contributed by atoms with Crippen LogP contribution in [0.3, 0.4) is 0 Å². The lowest BCUT2D eigenvalue weighted by Gasteiger charge is -2.35. The monoisotopic (exact) mass is 382 g/mol. The molecule has 1 saturated carbocycles. The second kappa shape index (κ2) is 8.46. The molecule has 1 aliphatic heterocycles. The molecule has 0 bridgehead atoms. The number of anilines is 2. The fourth-order valence-corrected chi connectivity index (χ4v) is 3.96. The topological polar surface area (TPSA) is 78.7 Å². The lowest BCUT2D eigenvalue weighted by Crippen LogP contribution is -2.48. The summed E-state index contributed by atoms with van der Waals surface area (Å²) in [6, 6.07) is 7.26. The maximum absolute atomic E-state index is 12.3. The van der Waals surface area contributed by atoms with Crippen molar-refractivity contribution in [3.63, 3.8) is 0 Å². The normalized spacial score (nSPS) is 18.1. The Morgan fingerprint density at radius 1 is 1.04 bits per heavy atom. The molecule has 2 aliphatic rings. The third kappa shape index (κ3) is 4.18. The fraction of sp³-hybridized carbons (Fsp3) is 0.476. The Hall–Kier alpha value is -2.83. The minimum atomic E-state index is -0.0662. The zero-order valence-electron chi connectivity index (χ0n) is 16.0. The quantitative estimate of drug-likeness (QED) is 0.879. The molecule has 2 amide bonds. The van der Waals surface area contributed by atoms with Crippen LogP contribution in [0.25, 0.3) is 0 Å². The molecular weight excluding hydrogens is 356 g/mol. The minimum Gasteiger partial charge on any atom is -0.459 e. The van der Waals surface area contributed by atoms with Gasteiger partial charge in [-0.15, -0.1) is 0 Å². The standard InChI is InChI=1S/C21H26N4O3/c26-20(16-5-2-1-3-6-16)23-19-9-8-17(15-22-19)24-10-12-25(13-11-24)21(27)18-7-4-14-28-18/h4,7-9,14-16H,1-3,5-6,10-13H2,(H,22,23,26). The van der Waals surface area contributed by atoms with E-state index in [1.807, 2.05) is 17.0 Å². The Morgan fingerprint density at radius 3 is 2.46 bits per heavy atom. The molecule has 0 unspecified atom stereocenters. The predicted octanol–water partition coefficient (Wildman–Crippen LogP) is 3.16. The van der Waals surface area contributed by atoms with E-state index in [0.29, 0.717) is 24.7 Å². The van der Waals surface area contributed by atoms with E-state index in [0.717, 1.165) is 44.5 Å². The van der Waals surface area contributed by atoms with Crippen molar-refractivity contribution in [3.8, 4) is 0 Å². The Morgan fingerprint density at radius 2 is 1.82 bits per heavy atom. The lowest BCUT2D eigenvalue weighted by atomic mass is 9.89. The maximum Gasteiger partial charge on any atom is 0.289 e. The first-order chi connectivity index (χ1) is 13.7. The van der Waals surface area contributed by atoms with E-state index in [-0.39, 0.29) is 17.7 Å². The van der Waals surface area contributed by atoms with Gasteiger partial charge in [0.2, 0.25) is 5.91 Å². The van der Waals surface area contributed by atoms with Gasteiger partial charge in [-0.2, -0.15) is 0 Å². The first kappa shape index (κ1) is 18.5. The summed E-state index contributed by atoms with van der Waals surface area (Å²) in [4.78, 5) is 33.1. The fourth-order valence-electron chi connectivity index (χ4n) is 3.96. The molecule has 28 heavy (non-hydrogen) atoms. The second-order valence-corrected chi connectivity index (χ2v) is 7.48. The smallest absolute Gasteiger partial charge is 0.289 e. The first-order valence-corrected chi connectivity index (χ1v) is 10.1. The number of amides is 2. The van der Waals surface area contributed by atoms with Crippen LogP contribution in [-0.4, -0.2) is 47.9 Å². The predicted molar refractivity (Wildman–Crippen MR) is 106 cm³/mol. The molecule has 7 heteroatoms. The highest BCUT2D eigenvalue weighted by Crippen LogP contribution is 2.25. The summed E-state index contributed by atoms with van der Waals surface area (Å²) in [6.45, 7) is 2.75. The number of furan rings is 1. The van der Waals surface area contributed by atoms with Gasteiger partial charge in [0.05, 0.1) is 18.1 Å². The van der Waals surface area contributed by atoms with Gasteiger partial charge in [-0.05, 0) is 37.1 Å². The Bertz CT molecular complexity index is 790. The highest BCUT2D eigenvalue weighted by atomic mass is 16.3. The van der Waals surface area contributed by atoms with Crippen molar-refractivity contribution < 1.29 is 14.0 Å². The van der Waals surface area contributed by atoms with Gasteiger partial charge in [-0.1, -0.05) is 19.3 Å². The van der Waals surface area contributed by atoms with Gasteiger partial charge in [0.25, 0.3) is 5.91 Å². The van der Waals surface area contributed by atoms with E-state index < -0.39 is 0 Å². The van der Waals surface area contributed by atoms with Gasteiger partial charge < -0.3 is 19.5 Å². The van der Waals surface area contributed by atoms with Crippen LogP contribution >= 0.6 is 0 Å². The van der Waals surface area contributed by atoms with Crippen molar-refractivity contribution in [2.45, 2.75) is 32.1 Å². The average molecular weight is 382 g/mol. The van der Waals surface area contributed by atoms with Crippen LogP contribution in [0.1, 0.15) is 42.7 Å². The van der Waals surface area contributed by atoms with Crippen LogP contribution in [0.4, 0.5) is 11.5 Å². The molecule has 0 radical (unpaired) electrons. The minimum absolute atomic E-state index is 0.0662. The summed E-state index contributed by atoms with van der Waals surface area (Å²) in [5, 5.41) is 2.95. The average Bonchev–Trinajstić information content (AvgIpc) is 3.29. The molecule has 7 nitrogen and oxygen atoms in total. The number of aromatic nitrogens is 1. The molecule has 1 aliphatic carbocycles. The zero-order valence-corrected chi connectivity index (χ0v) is 16.0. The molecule has 2 fully saturated rings.